The number of benzene rings is 2. The van der Waals surface area contributed by atoms with Crippen LogP contribution in [0.3, 0.4) is 0 Å². The van der Waals surface area contributed by atoms with Gasteiger partial charge < -0.3 is 14.7 Å². The Kier molecular flexibility index (Phi) is 4.88. The molecular formula is C17H21NO2. The van der Waals surface area contributed by atoms with Gasteiger partial charge in [-0.1, -0.05) is 25.1 Å². The molecule has 0 aromatic heterocycles. The van der Waals surface area contributed by atoms with Crippen LogP contribution in [0.1, 0.15) is 13.3 Å². The fourth-order valence-corrected chi connectivity index (χ4v) is 2.11. The maximum absolute atomic E-state index is 9.25. The van der Waals surface area contributed by atoms with Crippen molar-refractivity contribution in [2.24, 2.45) is 0 Å². The molecule has 20 heavy (non-hydrogen) atoms. The number of para-hydroxylation sites is 1. The van der Waals surface area contributed by atoms with Crippen molar-refractivity contribution >= 4 is 5.69 Å². The fraction of sp³-hybridized carbons (Fsp3) is 0.294. The molecule has 0 bridgehead atoms. The van der Waals surface area contributed by atoms with Crippen LogP contribution in [-0.2, 0) is 0 Å². The van der Waals surface area contributed by atoms with Crippen molar-refractivity contribution in [3.8, 4) is 11.5 Å². The van der Waals surface area contributed by atoms with E-state index in [0.29, 0.717) is 12.6 Å². The highest BCUT2D eigenvalue weighted by atomic mass is 16.5. The van der Waals surface area contributed by atoms with Gasteiger partial charge in [0.1, 0.15) is 18.1 Å². The summed E-state index contributed by atoms with van der Waals surface area (Å²) in [6.07, 6.45) is 1.00. The summed E-state index contributed by atoms with van der Waals surface area (Å²) in [6.45, 7) is 2.77. The van der Waals surface area contributed by atoms with Gasteiger partial charge in [-0.3, -0.25) is 0 Å². The van der Waals surface area contributed by atoms with E-state index in [1.165, 1.54) is 5.69 Å². The van der Waals surface area contributed by atoms with Crippen molar-refractivity contribution in [3.63, 3.8) is 0 Å². The Morgan fingerprint density at radius 3 is 2.30 bits per heavy atom. The zero-order valence-corrected chi connectivity index (χ0v) is 12.0. The number of hydrogen-bond donors (Lipinski definition) is 1. The highest BCUT2D eigenvalue weighted by molar-refractivity contribution is 5.46. The molecule has 0 aliphatic rings. The molecule has 1 atom stereocenters. The molecule has 2 aromatic rings. The lowest BCUT2D eigenvalue weighted by atomic mass is 10.2. The monoisotopic (exact) mass is 271 g/mol. The topological polar surface area (TPSA) is 32.7 Å². The summed E-state index contributed by atoms with van der Waals surface area (Å²) in [7, 11) is 2.09. The second kappa shape index (κ2) is 6.85. The smallest absolute Gasteiger partial charge is 0.119 e. The lowest BCUT2D eigenvalue weighted by Gasteiger charge is -2.29. The van der Waals surface area contributed by atoms with Crippen LogP contribution in [0.25, 0.3) is 0 Å². The summed E-state index contributed by atoms with van der Waals surface area (Å²) in [5.74, 6) is 1.04. The van der Waals surface area contributed by atoms with Gasteiger partial charge in [0.15, 0.2) is 0 Å². The Labute approximate surface area is 120 Å². The zero-order chi connectivity index (χ0) is 14.4. The quantitative estimate of drug-likeness (QED) is 0.869. The molecule has 0 aliphatic heterocycles. The minimum atomic E-state index is 0.255. The molecule has 0 saturated heterocycles. The van der Waals surface area contributed by atoms with E-state index in [0.717, 1.165) is 12.2 Å². The van der Waals surface area contributed by atoms with Gasteiger partial charge in [-0.25, -0.2) is 0 Å². The average molecular weight is 271 g/mol. The van der Waals surface area contributed by atoms with Crippen LogP contribution in [0.5, 0.6) is 11.5 Å². The van der Waals surface area contributed by atoms with Crippen LogP contribution in [0.15, 0.2) is 54.6 Å². The first-order chi connectivity index (χ1) is 9.70. The molecule has 3 heteroatoms. The van der Waals surface area contributed by atoms with Crippen molar-refractivity contribution in [2.45, 2.75) is 19.4 Å². The van der Waals surface area contributed by atoms with Crippen molar-refractivity contribution in [1.29, 1.82) is 0 Å². The van der Waals surface area contributed by atoms with Crippen molar-refractivity contribution in [2.75, 3.05) is 18.6 Å². The van der Waals surface area contributed by atoms with E-state index >= 15 is 0 Å². The summed E-state index contributed by atoms with van der Waals surface area (Å²) in [4.78, 5) is 2.24. The molecule has 2 rings (SSSR count). The number of phenolic OH excluding ortho intramolecular Hbond substituents is 1. The van der Waals surface area contributed by atoms with Crippen LogP contribution in [-0.4, -0.2) is 24.8 Å². The number of rotatable bonds is 6. The number of nitrogens with zero attached hydrogens (tertiary/aromatic N) is 1. The first-order valence-electron chi connectivity index (χ1n) is 6.90. The molecule has 0 aliphatic carbocycles. The number of likely N-dealkylation sites (N-methyl/N-ethyl adjacent to an activating group) is 1. The van der Waals surface area contributed by atoms with Crippen LogP contribution < -0.4 is 9.64 Å². The van der Waals surface area contributed by atoms with Gasteiger partial charge >= 0.3 is 0 Å². The van der Waals surface area contributed by atoms with Crippen LogP contribution in [0.2, 0.25) is 0 Å². The van der Waals surface area contributed by atoms with Crippen LogP contribution in [0, 0.1) is 0 Å². The Morgan fingerprint density at radius 1 is 1.05 bits per heavy atom. The summed E-state index contributed by atoms with van der Waals surface area (Å²) >= 11 is 0. The number of anilines is 1. The largest absolute Gasteiger partial charge is 0.508 e. The average Bonchev–Trinajstić information content (AvgIpc) is 2.50. The molecule has 1 unspecified atom stereocenters. The second-order valence-electron chi connectivity index (χ2n) is 4.81. The second-order valence-corrected chi connectivity index (χ2v) is 4.81. The van der Waals surface area contributed by atoms with Gasteiger partial charge in [-0.05, 0) is 42.8 Å². The molecular weight excluding hydrogens is 250 g/mol. The van der Waals surface area contributed by atoms with E-state index in [1.54, 1.807) is 24.3 Å². The predicted molar refractivity (Wildman–Crippen MR) is 82.5 cm³/mol. The third kappa shape index (κ3) is 3.67. The first kappa shape index (κ1) is 14.3. The van der Waals surface area contributed by atoms with Crippen molar-refractivity contribution in [1.82, 2.24) is 0 Å². The zero-order valence-electron chi connectivity index (χ0n) is 12.0. The van der Waals surface area contributed by atoms with E-state index in [-0.39, 0.29) is 5.75 Å². The molecule has 0 fully saturated rings. The summed E-state index contributed by atoms with van der Waals surface area (Å²) in [5.41, 5.74) is 1.19. The Morgan fingerprint density at radius 2 is 1.70 bits per heavy atom. The van der Waals surface area contributed by atoms with Gasteiger partial charge in [0.25, 0.3) is 0 Å². The normalized spacial score (nSPS) is 11.9. The lowest BCUT2D eigenvalue weighted by molar-refractivity contribution is 0.281. The molecule has 0 heterocycles. The fourth-order valence-electron chi connectivity index (χ4n) is 2.11. The summed E-state index contributed by atoms with van der Waals surface area (Å²) in [6, 6.07) is 17.5. The predicted octanol–water partition coefficient (Wildman–Crippen LogP) is 3.69. The molecule has 0 amide bonds. The number of aromatic hydroxyl groups is 1. The minimum Gasteiger partial charge on any atom is -0.508 e. The minimum absolute atomic E-state index is 0.255. The number of hydrogen-bond acceptors (Lipinski definition) is 3. The maximum Gasteiger partial charge on any atom is 0.119 e. The van der Waals surface area contributed by atoms with Gasteiger partial charge in [0.05, 0.1) is 6.04 Å². The molecule has 0 saturated carbocycles. The lowest BCUT2D eigenvalue weighted by Crippen LogP contribution is -2.36. The van der Waals surface area contributed by atoms with E-state index in [9.17, 15) is 5.11 Å². The SMILES string of the molecule is CCC(COc1ccc(O)cc1)N(C)c1ccccc1. The van der Waals surface area contributed by atoms with Crippen LogP contribution in [0.4, 0.5) is 5.69 Å². The third-order valence-electron chi connectivity index (χ3n) is 3.46. The Balaban J connectivity index is 1.97. The van der Waals surface area contributed by atoms with E-state index in [4.69, 9.17) is 4.74 Å². The number of ether oxygens (including phenoxy) is 1. The molecule has 106 valence electrons. The molecule has 2 aromatic carbocycles. The van der Waals surface area contributed by atoms with E-state index in [2.05, 4.69) is 31.0 Å². The third-order valence-corrected chi connectivity index (χ3v) is 3.46. The summed E-state index contributed by atoms with van der Waals surface area (Å²) < 4.78 is 5.80. The summed E-state index contributed by atoms with van der Waals surface area (Å²) in [5, 5.41) is 9.25. The molecule has 3 nitrogen and oxygen atoms in total. The Bertz CT molecular complexity index is 510. The molecule has 1 N–H and O–H groups in total. The van der Waals surface area contributed by atoms with Gasteiger partial charge in [-0.15, -0.1) is 0 Å². The molecule has 0 radical (unpaired) electrons. The van der Waals surface area contributed by atoms with E-state index in [1.807, 2.05) is 18.2 Å². The van der Waals surface area contributed by atoms with Gasteiger partial charge in [0, 0.05) is 12.7 Å². The maximum atomic E-state index is 9.25. The number of phenols is 1. The van der Waals surface area contributed by atoms with Gasteiger partial charge in [-0.2, -0.15) is 0 Å². The van der Waals surface area contributed by atoms with Crippen molar-refractivity contribution in [3.05, 3.63) is 54.6 Å². The van der Waals surface area contributed by atoms with Crippen LogP contribution >= 0.6 is 0 Å². The highest BCUT2D eigenvalue weighted by Crippen LogP contribution is 2.19. The highest BCUT2D eigenvalue weighted by Gasteiger charge is 2.14. The first-order valence-corrected chi connectivity index (χ1v) is 6.90. The van der Waals surface area contributed by atoms with E-state index < -0.39 is 0 Å². The van der Waals surface area contributed by atoms with Crippen molar-refractivity contribution < 1.29 is 9.84 Å². The standard InChI is InChI=1S/C17H21NO2/c1-3-14(18(2)15-7-5-4-6-8-15)13-20-17-11-9-16(19)10-12-17/h4-12,14,19H,3,13H2,1-2H3. The van der Waals surface area contributed by atoms with Gasteiger partial charge in [0.2, 0.25) is 0 Å². The molecule has 0 spiro atoms. The Hall–Kier alpha value is -2.16.